The summed E-state index contributed by atoms with van der Waals surface area (Å²) in [6.07, 6.45) is 0.875. The molecule has 238 valence electrons. The number of aromatic hydroxyl groups is 4. The lowest BCUT2D eigenvalue weighted by molar-refractivity contribution is 0.215. The van der Waals surface area contributed by atoms with Crippen molar-refractivity contribution in [3.63, 3.8) is 0 Å². The van der Waals surface area contributed by atoms with Crippen LogP contribution in [-0.2, 0) is 10.2 Å². The molecule has 0 unspecified atom stereocenters. The van der Waals surface area contributed by atoms with Crippen molar-refractivity contribution in [2.45, 2.75) is 32.6 Å². The lowest BCUT2D eigenvalue weighted by atomic mass is 9.67. The Morgan fingerprint density at radius 2 is 1.02 bits per heavy atom. The average molecular weight is 619 g/mol. The van der Waals surface area contributed by atoms with Crippen LogP contribution >= 0.6 is 0 Å². The number of hydrogen-bond donors (Lipinski definition) is 5. The zero-order valence-corrected chi connectivity index (χ0v) is 26.7. The molecule has 0 aliphatic carbocycles. The van der Waals surface area contributed by atoms with Crippen molar-refractivity contribution in [2.75, 3.05) is 20.3 Å². The molecule has 0 radical (unpaired) electrons. The van der Waals surface area contributed by atoms with Crippen LogP contribution in [0.3, 0.4) is 0 Å². The smallest absolute Gasteiger partial charge is 0.120 e. The van der Waals surface area contributed by atoms with Gasteiger partial charge in [0.25, 0.3) is 0 Å². The molecule has 0 aliphatic rings. The molecule has 0 aliphatic heterocycles. The van der Waals surface area contributed by atoms with E-state index < -0.39 is 5.41 Å². The van der Waals surface area contributed by atoms with Gasteiger partial charge in [0.1, 0.15) is 23.0 Å². The molecule has 6 aromatic rings. The van der Waals surface area contributed by atoms with Crippen molar-refractivity contribution < 1.29 is 30.3 Å². The summed E-state index contributed by atoms with van der Waals surface area (Å²) in [7, 11) is 1.68. The number of phenols is 4. The van der Waals surface area contributed by atoms with Gasteiger partial charge in [-0.25, -0.2) is 0 Å². The quantitative estimate of drug-likeness (QED) is 0.119. The predicted molar refractivity (Wildman–Crippen MR) is 187 cm³/mol. The van der Waals surface area contributed by atoms with Gasteiger partial charge in [-0.2, -0.15) is 0 Å². The molecule has 0 bridgehead atoms. The van der Waals surface area contributed by atoms with Gasteiger partial charge in [-0.05, 0) is 94.9 Å². The zero-order chi connectivity index (χ0) is 33.3. The molecule has 46 heavy (non-hydrogen) atoms. The highest BCUT2D eigenvalue weighted by Gasteiger charge is 2.38. The van der Waals surface area contributed by atoms with Crippen LogP contribution < -0.4 is 0 Å². The largest absolute Gasteiger partial charge is 0.508 e. The van der Waals surface area contributed by atoms with E-state index in [2.05, 4.69) is 16.9 Å². The minimum atomic E-state index is -1.02. The number of methoxy groups -OCH3 is 1. The van der Waals surface area contributed by atoms with Crippen molar-refractivity contribution in [1.29, 1.82) is 0 Å². The van der Waals surface area contributed by atoms with Gasteiger partial charge in [0.05, 0.1) is 5.41 Å². The molecule has 6 aromatic carbocycles. The van der Waals surface area contributed by atoms with Gasteiger partial charge in [-0.1, -0.05) is 85.8 Å². The van der Waals surface area contributed by atoms with E-state index in [1.54, 1.807) is 67.8 Å². The molecule has 0 atom stereocenters. The number of rotatable bonds is 6. The first kappa shape index (κ1) is 33.8. The summed E-state index contributed by atoms with van der Waals surface area (Å²) < 4.78 is 4.54. The highest BCUT2D eigenvalue weighted by atomic mass is 16.5. The topological polar surface area (TPSA) is 110 Å². The molecule has 0 amide bonds. The van der Waals surface area contributed by atoms with Gasteiger partial charge in [-0.3, -0.25) is 0 Å². The van der Waals surface area contributed by atoms with Crippen LogP contribution in [0.15, 0.2) is 115 Å². The first-order valence-corrected chi connectivity index (χ1v) is 15.4. The Labute approximate surface area is 270 Å². The molecule has 5 N–H and O–H groups in total. The monoisotopic (exact) mass is 618 g/mol. The number of hydrogen-bond acceptors (Lipinski definition) is 6. The summed E-state index contributed by atoms with van der Waals surface area (Å²) in [4.78, 5) is 0. The van der Waals surface area contributed by atoms with Crippen LogP contribution in [0.25, 0.3) is 32.7 Å². The third-order valence-electron chi connectivity index (χ3n) is 8.04. The van der Waals surface area contributed by atoms with Crippen LogP contribution in [0.4, 0.5) is 0 Å². The Bertz CT molecular complexity index is 1780. The van der Waals surface area contributed by atoms with E-state index in [1.165, 1.54) is 0 Å². The standard InChI is InChI=1S/C34H26O4.2C3H8O/c1-34(25-11-7-22(8-12-25)21-5-3-2-4-6-21,32-28-15-13-26(35)19-23(28)9-17-30(32)37)33-29-16-14-27(36)20-24(29)10-18-31(33)38;1-3-4-2;1-2-3-4/h2-20,35-38H,1H3;3H2,1-2H3;4H,2-3H2,1H3. The summed E-state index contributed by atoms with van der Waals surface area (Å²) in [5, 5.41) is 54.0. The number of benzene rings is 6. The second-order valence-electron chi connectivity index (χ2n) is 11.1. The van der Waals surface area contributed by atoms with E-state index in [0.29, 0.717) is 17.7 Å². The normalized spacial score (nSPS) is 11.0. The van der Waals surface area contributed by atoms with Gasteiger partial charge in [0.15, 0.2) is 0 Å². The molecule has 6 rings (SSSR count). The van der Waals surface area contributed by atoms with Crippen LogP contribution in [-0.4, -0.2) is 45.9 Å². The molecule has 6 heteroatoms. The van der Waals surface area contributed by atoms with E-state index in [-0.39, 0.29) is 23.0 Å². The van der Waals surface area contributed by atoms with Gasteiger partial charge >= 0.3 is 0 Å². The van der Waals surface area contributed by atoms with Crippen molar-refractivity contribution in [3.05, 3.63) is 132 Å². The fraction of sp³-hybridized carbons (Fsp3) is 0.200. The summed E-state index contributed by atoms with van der Waals surface area (Å²) in [5.74, 6) is 0.416. The van der Waals surface area contributed by atoms with E-state index in [9.17, 15) is 20.4 Å². The number of phenolic OH excluding ortho intramolecular Hbond substituents is 4. The maximum atomic E-state index is 11.4. The van der Waals surface area contributed by atoms with Gasteiger partial charge in [0.2, 0.25) is 0 Å². The Hall–Kier alpha value is -5.04. The second-order valence-corrected chi connectivity index (χ2v) is 11.1. The lowest BCUT2D eigenvalue weighted by Gasteiger charge is -2.35. The highest BCUT2D eigenvalue weighted by molar-refractivity contribution is 5.96. The van der Waals surface area contributed by atoms with Crippen molar-refractivity contribution in [1.82, 2.24) is 0 Å². The van der Waals surface area contributed by atoms with Crippen LogP contribution in [0.1, 0.15) is 43.9 Å². The molecule has 0 saturated heterocycles. The third kappa shape index (κ3) is 7.09. The van der Waals surface area contributed by atoms with E-state index in [1.807, 2.05) is 63.2 Å². The van der Waals surface area contributed by atoms with Crippen LogP contribution in [0.5, 0.6) is 23.0 Å². The summed E-state index contributed by atoms with van der Waals surface area (Å²) >= 11 is 0. The fourth-order valence-corrected chi connectivity index (χ4v) is 5.70. The maximum absolute atomic E-state index is 11.4. The SMILES string of the molecule is CC(c1ccc(-c2ccccc2)cc1)(c1c(O)ccc2cc(O)ccc12)c1c(O)ccc2cc(O)ccc12.CCCO.CCOC. The summed E-state index contributed by atoms with van der Waals surface area (Å²) in [5.41, 5.74) is 3.21. The molecule has 0 aromatic heterocycles. The molecule has 0 heterocycles. The number of aliphatic hydroxyl groups is 1. The average Bonchev–Trinajstić information content (AvgIpc) is 3.08. The number of fused-ring (bicyclic) bond motifs is 2. The molecule has 0 saturated carbocycles. The Balaban J connectivity index is 0.000000541. The summed E-state index contributed by atoms with van der Waals surface area (Å²) in [6.45, 7) is 7.02. The molecular formula is C40H42O6. The van der Waals surface area contributed by atoms with Crippen molar-refractivity contribution in [2.24, 2.45) is 0 Å². The van der Waals surface area contributed by atoms with E-state index in [0.717, 1.165) is 51.3 Å². The Morgan fingerprint density at radius 1 is 0.587 bits per heavy atom. The fourth-order valence-electron chi connectivity index (χ4n) is 5.70. The van der Waals surface area contributed by atoms with Gasteiger partial charge in [0, 0.05) is 31.5 Å². The number of aliphatic hydroxyl groups excluding tert-OH is 1. The van der Waals surface area contributed by atoms with E-state index >= 15 is 0 Å². The van der Waals surface area contributed by atoms with Crippen molar-refractivity contribution in [3.8, 4) is 34.1 Å². The summed E-state index contributed by atoms with van der Waals surface area (Å²) in [6, 6.07) is 35.2. The Morgan fingerprint density at radius 3 is 1.43 bits per heavy atom. The first-order valence-electron chi connectivity index (χ1n) is 15.4. The maximum Gasteiger partial charge on any atom is 0.120 e. The minimum Gasteiger partial charge on any atom is -0.508 e. The van der Waals surface area contributed by atoms with Crippen LogP contribution in [0, 0.1) is 0 Å². The second kappa shape index (κ2) is 15.3. The number of ether oxygens (including phenoxy) is 1. The third-order valence-corrected chi connectivity index (χ3v) is 8.04. The van der Waals surface area contributed by atoms with Crippen LogP contribution in [0.2, 0.25) is 0 Å². The van der Waals surface area contributed by atoms with Gasteiger partial charge in [-0.15, -0.1) is 0 Å². The lowest BCUT2D eigenvalue weighted by Crippen LogP contribution is -2.26. The van der Waals surface area contributed by atoms with Gasteiger partial charge < -0.3 is 30.3 Å². The highest BCUT2D eigenvalue weighted by Crippen LogP contribution is 2.51. The van der Waals surface area contributed by atoms with Crippen molar-refractivity contribution >= 4 is 21.5 Å². The molecule has 0 fully saturated rings. The minimum absolute atomic E-state index is 0.0769. The Kier molecular flexibility index (Phi) is 11.3. The molecule has 6 nitrogen and oxygen atoms in total. The van der Waals surface area contributed by atoms with E-state index in [4.69, 9.17) is 5.11 Å². The zero-order valence-electron chi connectivity index (χ0n) is 26.7. The molecular weight excluding hydrogens is 576 g/mol. The first-order chi connectivity index (χ1) is 22.2. The predicted octanol–water partition coefficient (Wildman–Crippen LogP) is 8.88. The molecule has 0 spiro atoms.